The van der Waals surface area contributed by atoms with Crippen LogP contribution in [0.25, 0.3) is 0 Å². The first-order valence-electron chi connectivity index (χ1n) is 7.47. The molecule has 0 saturated carbocycles. The number of nitro groups is 1. The van der Waals surface area contributed by atoms with Crippen molar-refractivity contribution in [2.45, 2.75) is 13.0 Å². The first kappa shape index (κ1) is 20.6. The lowest BCUT2D eigenvalue weighted by molar-refractivity contribution is -0.385. The number of carboxylic acid groups (broad SMARTS) is 2. The molecule has 0 unspecified atom stereocenters. The van der Waals surface area contributed by atoms with E-state index < -0.39 is 16.9 Å². The summed E-state index contributed by atoms with van der Waals surface area (Å²) < 4.78 is 10.6. The number of furan rings is 1. The molecule has 0 aliphatic rings. The molecule has 2 aromatic rings. The van der Waals surface area contributed by atoms with Crippen molar-refractivity contribution in [1.29, 1.82) is 0 Å². The standard InChI is InChI=1S/C14H16N2O4.C2H2O4/c17-16(18)13-6-1-2-7-14(13)20-10-4-8-15-11-12-5-3-9-19-12;3-1(4)2(5)6/h1-3,5-7,9,15H,4,8,10-11H2;(H,3,4)(H,5,6). The molecule has 1 heterocycles. The fourth-order valence-electron chi connectivity index (χ4n) is 1.73. The Balaban J connectivity index is 0.000000487. The van der Waals surface area contributed by atoms with Crippen molar-refractivity contribution in [1.82, 2.24) is 5.32 Å². The average molecular weight is 366 g/mol. The van der Waals surface area contributed by atoms with Gasteiger partial charge in [-0.1, -0.05) is 12.1 Å². The fraction of sp³-hybridized carbons (Fsp3) is 0.250. The Labute approximate surface area is 148 Å². The van der Waals surface area contributed by atoms with Crippen molar-refractivity contribution < 1.29 is 33.9 Å². The van der Waals surface area contributed by atoms with Crippen LogP contribution in [0.2, 0.25) is 0 Å². The number of nitrogens with one attached hydrogen (secondary N) is 1. The Morgan fingerprint density at radius 2 is 1.85 bits per heavy atom. The molecule has 1 aromatic carbocycles. The minimum atomic E-state index is -1.82. The monoisotopic (exact) mass is 366 g/mol. The number of nitrogens with zero attached hydrogens (tertiary/aromatic N) is 1. The van der Waals surface area contributed by atoms with Gasteiger partial charge in [-0.25, -0.2) is 9.59 Å². The quantitative estimate of drug-likeness (QED) is 0.275. The third kappa shape index (κ3) is 7.93. The largest absolute Gasteiger partial charge is 0.487 e. The van der Waals surface area contributed by atoms with E-state index in [1.165, 1.54) is 6.07 Å². The van der Waals surface area contributed by atoms with Crippen LogP contribution in [0, 0.1) is 10.1 Å². The Kier molecular flexibility index (Phi) is 8.90. The molecule has 26 heavy (non-hydrogen) atoms. The van der Waals surface area contributed by atoms with Gasteiger partial charge in [0.05, 0.1) is 24.3 Å². The van der Waals surface area contributed by atoms with Crippen molar-refractivity contribution in [3.8, 4) is 5.75 Å². The highest BCUT2D eigenvalue weighted by Gasteiger charge is 2.12. The normalized spacial score (nSPS) is 9.69. The van der Waals surface area contributed by atoms with E-state index >= 15 is 0 Å². The number of nitro benzene ring substituents is 1. The van der Waals surface area contributed by atoms with Gasteiger partial charge < -0.3 is 24.7 Å². The molecule has 10 nitrogen and oxygen atoms in total. The van der Waals surface area contributed by atoms with Gasteiger partial charge in [0.2, 0.25) is 0 Å². The topological polar surface area (TPSA) is 152 Å². The Bertz CT molecular complexity index is 703. The van der Waals surface area contributed by atoms with Crippen molar-refractivity contribution in [2.75, 3.05) is 13.2 Å². The number of rotatable bonds is 8. The molecule has 0 radical (unpaired) electrons. The van der Waals surface area contributed by atoms with Gasteiger partial charge in [-0.05, 0) is 31.2 Å². The average Bonchev–Trinajstić information content (AvgIpc) is 3.12. The first-order chi connectivity index (χ1) is 12.4. The Hall–Kier alpha value is -3.40. The molecule has 0 spiro atoms. The van der Waals surface area contributed by atoms with Gasteiger partial charge in [0.25, 0.3) is 0 Å². The van der Waals surface area contributed by atoms with Crippen LogP contribution in [-0.2, 0) is 16.1 Å². The molecule has 0 bridgehead atoms. The first-order valence-corrected chi connectivity index (χ1v) is 7.47. The lowest BCUT2D eigenvalue weighted by Crippen LogP contribution is -2.16. The third-order valence-corrected chi connectivity index (χ3v) is 2.88. The minimum absolute atomic E-state index is 0.00366. The summed E-state index contributed by atoms with van der Waals surface area (Å²) in [6, 6.07) is 10.1. The number of aliphatic carboxylic acids is 2. The molecular formula is C16H18N2O8. The molecule has 3 N–H and O–H groups in total. The highest BCUT2D eigenvalue weighted by atomic mass is 16.6. The molecule has 2 rings (SSSR count). The SMILES string of the molecule is O=C(O)C(=O)O.O=[N+]([O-])c1ccccc1OCCCNCc1ccco1. The number of hydrogen-bond acceptors (Lipinski definition) is 7. The van der Waals surface area contributed by atoms with Crippen molar-refractivity contribution in [3.05, 3.63) is 58.5 Å². The maximum Gasteiger partial charge on any atom is 0.414 e. The minimum Gasteiger partial charge on any atom is -0.487 e. The molecular weight excluding hydrogens is 348 g/mol. The van der Waals surface area contributed by atoms with Gasteiger partial charge in [0.1, 0.15) is 5.76 Å². The summed E-state index contributed by atoms with van der Waals surface area (Å²) in [7, 11) is 0. The fourth-order valence-corrected chi connectivity index (χ4v) is 1.73. The van der Waals surface area contributed by atoms with Crippen LogP contribution in [-0.4, -0.2) is 40.2 Å². The smallest absolute Gasteiger partial charge is 0.414 e. The molecule has 0 atom stereocenters. The lowest BCUT2D eigenvalue weighted by atomic mass is 10.3. The molecule has 1 aromatic heterocycles. The van der Waals surface area contributed by atoms with Gasteiger partial charge in [-0.15, -0.1) is 0 Å². The second-order valence-corrected chi connectivity index (χ2v) is 4.79. The molecule has 0 fully saturated rings. The van der Waals surface area contributed by atoms with E-state index in [1.54, 1.807) is 24.5 Å². The van der Waals surface area contributed by atoms with E-state index in [9.17, 15) is 10.1 Å². The van der Waals surface area contributed by atoms with E-state index in [2.05, 4.69) is 5.32 Å². The summed E-state index contributed by atoms with van der Waals surface area (Å²) in [5, 5.41) is 28.8. The second kappa shape index (κ2) is 11.2. The van der Waals surface area contributed by atoms with E-state index in [0.717, 1.165) is 18.7 Å². The van der Waals surface area contributed by atoms with E-state index in [0.29, 0.717) is 18.9 Å². The van der Waals surface area contributed by atoms with Crippen LogP contribution in [0.3, 0.4) is 0 Å². The number of para-hydroxylation sites is 2. The van der Waals surface area contributed by atoms with Crippen LogP contribution < -0.4 is 10.1 Å². The van der Waals surface area contributed by atoms with Gasteiger partial charge in [-0.3, -0.25) is 10.1 Å². The maximum atomic E-state index is 10.8. The van der Waals surface area contributed by atoms with Crippen molar-refractivity contribution >= 4 is 17.6 Å². The number of benzene rings is 1. The predicted octanol–water partition coefficient (Wildman–Crippen LogP) is 1.90. The van der Waals surface area contributed by atoms with Gasteiger partial charge in [0, 0.05) is 6.07 Å². The van der Waals surface area contributed by atoms with Crippen molar-refractivity contribution in [2.24, 2.45) is 0 Å². The molecule has 140 valence electrons. The summed E-state index contributed by atoms with van der Waals surface area (Å²) in [4.78, 5) is 28.6. The lowest BCUT2D eigenvalue weighted by Gasteiger charge is -2.07. The van der Waals surface area contributed by atoms with E-state index in [4.69, 9.17) is 29.0 Å². The zero-order chi connectivity index (χ0) is 19.4. The summed E-state index contributed by atoms with van der Waals surface area (Å²) in [6.45, 7) is 1.84. The summed E-state index contributed by atoms with van der Waals surface area (Å²) >= 11 is 0. The summed E-state index contributed by atoms with van der Waals surface area (Å²) in [6.07, 6.45) is 2.39. The Morgan fingerprint density at radius 1 is 1.15 bits per heavy atom. The van der Waals surface area contributed by atoms with Crippen LogP contribution in [0.1, 0.15) is 12.2 Å². The summed E-state index contributed by atoms with van der Waals surface area (Å²) in [5.74, 6) is -2.46. The number of hydrogen-bond donors (Lipinski definition) is 3. The number of ether oxygens (including phenoxy) is 1. The number of carbonyl (C=O) groups is 2. The van der Waals surface area contributed by atoms with Crippen LogP contribution >= 0.6 is 0 Å². The zero-order valence-corrected chi connectivity index (χ0v) is 13.7. The predicted molar refractivity (Wildman–Crippen MR) is 88.9 cm³/mol. The van der Waals surface area contributed by atoms with Gasteiger partial charge >= 0.3 is 17.6 Å². The molecule has 0 aliphatic heterocycles. The molecule has 0 amide bonds. The summed E-state index contributed by atoms with van der Waals surface area (Å²) in [5.41, 5.74) is -0.00366. The number of carboxylic acids is 2. The highest BCUT2D eigenvalue weighted by Crippen LogP contribution is 2.25. The van der Waals surface area contributed by atoms with Gasteiger partial charge in [-0.2, -0.15) is 0 Å². The third-order valence-electron chi connectivity index (χ3n) is 2.88. The molecule has 0 aliphatic carbocycles. The molecule has 10 heteroatoms. The van der Waals surface area contributed by atoms with Crippen LogP contribution in [0.15, 0.2) is 47.1 Å². The Morgan fingerprint density at radius 3 is 2.42 bits per heavy atom. The van der Waals surface area contributed by atoms with Crippen LogP contribution in [0.5, 0.6) is 5.75 Å². The zero-order valence-electron chi connectivity index (χ0n) is 13.7. The highest BCUT2D eigenvalue weighted by molar-refractivity contribution is 6.27. The van der Waals surface area contributed by atoms with Crippen LogP contribution in [0.4, 0.5) is 5.69 Å². The maximum absolute atomic E-state index is 10.8. The van der Waals surface area contributed by atoms with E-state index in [1.807, 2.05) is 12.1 Å². The van der Waals surface area contributed by atoms with Crippen molar-refractivity contribution in [3.63, 3.8) is 0 Å². The second-order valence-electron chi connectivity index (χ2n) is 4.79. The van der Waals surface area contributed by atoms with E-state index in [-0.39, 0.29) is 5.69 Å². The van der Waals surface area contributed by atoms with Gasteiger partial charge in [0.15, 0.2) is 5.75 Å². The molecule has 0 saturated heterocycles.